The average molecular weight is 347 g/mol. The fraction of sp³-hybridized carbons (Fsp3) is 0.579. The first kappa shape index (κ1) is 19.6. The number of ketones is 1. The Morgan fingerprint density at radius 3 is 2.20 bits per heavy atom. The van der Waals surface area contributed by atoms with Crippen molar-refractivity contribution in [2.45, 2.75) is 39.3 Å². The number of amides is 1. The van der Waals surface area contributed by atoms with Crippen LogP contribution in [0.25, 0.3) is 0 Å². The number of hydrogen-bond donors (Lipinski definition) is 2. The van der Waals surface area contributed by atoms with Gasteiger partial charge in [0.2, 0.25) is 5.91 Å². The number of hydrogen-bond acceptors (Lipinski definition) is 5. The Morgan fingerprint density at radius 2 is 1.72 bits per heavy atom. The van der Waals surface area contributed by atoms with Gasteiger partial charge in [-0.15, -0.1) is 0 Å². The molecular formula is C19H29N3O3. The van der Waals surface area contributed by atoms with Gasteiger partial charge in [-0.05, 0) is 52.0 Å². The number of Topliss-reactive ketones (excluding diaryl/α,β-unsaturated/α-hetero) is 1. The smallest absolute Gasteiger partial charge is 0.241 e. The van der Waals surface area contributed by atoms with E-state index in [1.165, 1.54) is 6.92 Å². The van der Waals surface area contributed by atoms with Crippen LogP contribution >= 0.6 is 0 Å². The summed E-state index contributed by atoms with van der Waals surface area (Å²) >= 11 is 0. The number of piperazine rings is 1. The Kier molecular flexibility index (Phi) is 6.32. The van der Waals surface area contributed by atoms with E-state index in [-0.39, 0.29) is 17.7 Å². The Bertz CT molecular complexity index is 599. The molecule has 2 rings (SSSR count). The van der Waals surface area contributed by atoms with E-state index in [0.29, 0.717) is 17.8 Å². The molecule has 1 aromatic carbocycles. The number of carbonyl (C=O) groups is 2. The lowest BCUT2D eigenvalue weighted by Crippen LogP contribution is -2.54. The predicted octanol–water partition coefficient (Wildman–Crippen LogP) is 1.60. The Hall–Kier alpha value is -1.76. The highest BCUT2D eigenvalue weighted by Crippen LogP contribution is 2.14. The van der Waals surface area contributed by atoms with E-state index in [1.54, 1.807) is 24.3 Å². The number of carbonyl (C=O) groups excluding carboxylic acids is 2. The Morgan fingerprint density at radius 1 is 1.16 bits per heavy atom. The molecule has 25 heavy (non-hydrogen) atoms. The van der Waals surface area contributed by atoms with Gasteiger partial charge in [-0.3, -0.25) is 19.4 Å². The summed E-state index contributed by atoms with van der Waals surface area (Å²) in [5.41, 5.74) is 0.633. The first-order chi connectivity index (χ1) is 11.7. The molecule has 6 nitrogen and oxygen atoms in total. The molecule has 1 amide bonds. The summed E-state index contributed by atoms with van der Waals surface area (Å²) < 4.78 is 0. The Balaban J connectivity index is 1.85. The van der Waals surface area contributed by atoms with Crippen LogP contribution in [-0.2, 0) is 4.79 Å². The van der Waals surface area contributed by atoms with Gasteiger partial charge in [-0.1, -0.05) is 0 Å². The van der Waals surface area contributed by atoms with Gasteiger partial charge in [0.25, 0.3) is 0 Å². The van der Waals surface area contributed by atoms with Crippen molar-refractivity contribution >= 4 is 17.4 Å². The average Bonchev–Trinajstić information content (AvgIpc) is 2.54. The molecule has 1 saturated heterocycles. The fourth-order valence-electron chi connectivity index (χ4n) is 3.06. The van der Waals surface area contributed by atoms with Gasteiger partial charge in [-0.2, -0.15) is 0 Å². The number of nitrogens with zero attached hydrogens (tertiary/aromatic N) is 2. The van der Waals surface area contributed by atoms with Gasteiger partial charge in [0.1, 0.15) is 0 Å². The molecule has 0 saturated carbocycles. The SMILES string of the molecule is CC(=O)c1ccc(NC(=O)[C@@H](C)N2CCN(CC(C)(C)O)CC2)cc1. The number of rotatable bonds is 6. The third-order valence-electron chi connectivity index (χ3n) is 4.50. The number of aliphatic hydroxyl groups is 1. The molecule has 6 heteroatoms. The van der Waals surface area contributed by atoms with Crippen LogP contribution in [0.15, 0.2) is 24.3 Å². The summed E-state index contributed by atoms with van der Waals surface area (Å²) in [6.07, 6.45) is 0. The molecule has 0 aliphatic carbocycles. The third kappa shape index (κ3) is 5.92. The molecule has 1 aromatic rings. The van der Waals surface area contributed by atoms with E-state index >= 15 is 0 Å². The first-order valence-corrected chi connectivity index (χ1v) is 8.76. The van der Waals surface area contributed by atoms with Crippen molar-refractivity contribution in [1.29, 1.82) is 0 Å². The lowest BCUT2D eigenvalue weighted by Gasteiger charge is -2.39. The van der Waals surface area contributed by atoms with E-state index in [2.05, 4.69) is 15.1 Å². The molecule has 138 valence electrons. The number of nitrogens with one attached hydrogen (secondary N) is 1. The van der Waals surface area contributed by atoms with Crippen molar-refractivity contribution in [3.05, 3.63) is 29.8 Å². The van der Waals surface area contributed by atoms with E-state index in [9.17, 15) is 14.7 Å². The van der Waals surface area contributed by atoms with Crippen molar-refractivity contribution in [2.24, 2.45) is 0 Å². The van der Waals surface area contributed by atoms with Crippen LogP contribution in [0.3, 0.4) is 0 Å². The Labute approximate surface area is 149 Å². The molecule has 1 aliphatic rings. The van der Waals surface area contributed by atoms with Crippen LogP contribution in [0.2, 0.25) is 0 Å². The fourth-order valence-corrected chi connectivity index (χ4v) is 3.06. The second kappa shape index (κ2) is 8.08. The highest BCUT2D eigenvalue weighted by Gasteiger charge is 2.27. The van der Waals surface area contributed by atoms with Crippen LogP contribution in [0.5, 0.6) is 0 Å². The topological polar surface area (TPSA) is 72.9 Å². The minimum Gasteiger partial charge on any atom is -0.389 e. The molecule has 1 fully saturated rings. The van der Waals surface area contributed by atoms with Gasteiger partial charge in [-0.25, -0.2) is 0 Å². The number of anilines is 1. The van der Waals surface area contributed by atoms with Gasteiger partial charge >= 0.3 is 0 Å². The van der Waals surface area contributed by atoms with Crippen LogP contribution in [-0.4, -0.2) is 71.0 Å². The van der Waals surface area contributed by atoms with Gasteiger partial charge in [0, 0.05) is 44.0 Å². The summed E-state index contributed by atoms with van der Waals surface area (Å²) in [7, 11) is 0. The molecule has 1 heterocycles. The van der Waals surface area contributed by atoms with E-state index in [0.717, 1.165) is 26.2 Å². The van der Waals surface area contributed by atoms with Gasteiger partial charge in [0.15, 0.2) is 5.78 Å². The molecule has 0 radical (unpaired) electrons. The normalized spacial score (nSPS) is 18.0. The van der Waals surface area contributed by atoms with Crippen LogP contribution in [0, 0.1) is 0 Å². The van der Waals surface area contributed by atoms with Gasteiger partial charge in [0.05, 0.1) is 11.6 Å². The maximum atomic E-state index is 12.5. The van der Waals surface area contributed by atoms with Crippen LogP contribution in [0.4, 0.5) is 5.69 Å². The zero-order chi connectivity index (χ0) is 18.6. The quantitative estimate of drug-likeness (QED) is 0.765. The minimum absolute atomic E-state index is 0.00942. The molecule has 0 bridgehead atoms. The lowest BCUT2D eigenvalue weighted by atomic mass is 10.1. The summed E-state index contributed by atoms with van der Waals surface area (Å²) in [5, 5.41) is 12.8. The second-order valence-corrected chi connectivity index (χ2v) is 7.42. The lowest BCUT2D eigenvalue weighted by molar-refractivity contribution is -0.121. The summed E-state index contributed by atoms with van der Waals surface area (Å²) in [6.45, 7) is 11.0. The van der Waals surface area contributed by atoms with E-state index in [1.807, 2.05) is 20.8 Å². The maximum Gasteiger partial charge on any atom is 0.241 e. The van der Waals surface area contributed by atoms with Crippen molar-refractivity contribution in [3.8, 4) is 0 Å². The molecule has 1 aliphatic heterocycles. The maximum absolute atomic E-state index is 12.5. The highest BCUT2D eigenvalue weighted by atomic mass is 16.3. The molecule has 0 aromatic heterocycles. The van der Waals surface area contributed by atoms with Crippen molar-refractivity contribution in [3.63, 3.8) is 0 Å². The molecular weight excluding hydrogens is 318 g/mol. The summed E-state index contributed by atoms with van der Waals surface area (Å²) in [5.74, 6) is -0.0401. The van der Waals surface area contributed by atoms with Crippen molar-refractivity contribution in [2.75, 3.05) is 38.0 Å². The highest BCUT2D eigenvalue weighted by molar-refractivity contribution is 5.96. The summed E-state index contributed by atoms with van der Waals surface area (Å²) in [6, 6.07) is 6.72. The van der Waals surface area contributed by atoms with Crippen LogP contribution in [0.1, 0.15) is 38.1 Å². The first-order valence-electron chi connectivity index (χ1n) is 8.76. The largest absolute Gasteiger partial charge is 0.389 e. The second-order valence-electron chi connectivity index (χ2n) is 7.42. The van der Waals surface area contributed by atoms with Gasteiger partial charge < -0.3 is 10.4 Å². The molecule has 2 N–H and O–H groups in total. The van der Waals surface area contributed by atoms with E-state index in [4.69, 9.17) is 0 Å². The molecule has 0 spiro atoms. The predicted molar refractivity (Wildman–Crippen MR) is 98.8 cm³/mol. The minimum atomic E-state index is -0.697. The number of benzene rings is 1. The van der Waals surface area contributed by atoms with Crippen LogP contribution < -0.4 is 5.32 Å². The third-order valence-corrected chi connectivity index (χ3v) is 4.50. The number of β-amino-alcohol motifs (C(OH)–C–C–N with tert-alkyl or cyclic N) is 1. The zero-order valence-corrected chi connectivity index (χ0v) is 15.6. The molecule has 1 atom stereocenters. The standard InChI is InChI=1S/C19H29N3O3/c1-14(22-11-9-21(10-12-22)13-19(3,4)25)18(24)20-17-7-5-16(6-8-17)15(2)23/h5-8,14,25H,9-13H2,1-4H3,(H,20,24)/t14-/m1/s1. The van der Waals surface area contributed by atoms with Crippen molar-refractivity contribution in [1.82, 2.24) is 9.80 Å². The zero-order valence-electron chi connectivity index (χ0n) is 15.6. The van der Waals surface area contributed by atoms with E-state index < -0.39 is 5.60 Å². The molecule has 0 unspecified atom stereocenters. The monoisotopic (exact) mass is 347 g/mol. The van der Waals surface area contributed by atoms with Crippen molar-refractivity contribution < 1.29 is 14.7 Å². The summed E-state index contributed by atoms with van der Waals surface area (Å²) in [4.78, 5) is 28.1.